The molecule has 3 heterocycles. The Morgan fingerprint density at radius 3 is 1.68 bits per heavy atom. The van der Waals surface area contributed by atoms with Crippen molar-refractivity contribution in [3.8, 4) is 46.8 Å². The largest absolute Gasteiger partial charge is 0.455 e. The second kappa shape index (κ2) is 11.2. The van der Waals surface area contributed by atoms with E-state index >= 15 is 0 Å². The molecule has 0 radical (unpaired) electrons. The molecule has 7 heteroatoms. The molecule has 0 fully saturated rings. The third kappa shape index (κ3) is 4.05. The van der Waals surface area contributed by atoms with Crippen LogP contribution in [0.25, 0.3) is 88.1 Å². The van der Waals surface area contributed by atoms with E-state index in [-0.39, 0.29) is 16.7 Å². The van der Waals surface area contributed by atoms with Gasteiger partial charge in [-0.15, -0.1) is 0 Å². The van der Waals surface area contributed by atoms with E-state index < -0.39 is 0 Å². The highest BCUT2D eigenvalue weighted by atomic mass is 16.3. The van der Waals surface area contributed by atoms with Crippen LogP contribution in [0.4, 0.5) is 0 Å². The summed E-state index contributed by atoms with van der Waals surface area (Å²) in [6.45, 7) is 0. The molecule has 0 amide bonds. The fourth-order valence-corrected chi connectivity index (χ4v) is 8.11. The number of furan rings is 1. The minimum Gasteiger partial charge on any atom is -0.455 e. The van der Waals surface area contributed by atoms with Gasteiger partial charge in [0.25, 0.3) is 0 Å². The number of para-hydroxylation sites is 4. The molecule has 0 bridgehead atoms. The van der Waals surface area contributed by atoms with Crippen LogP contribution in [0, 0.1) is 45.3 Å². The summed E-state index contributed by atoms with van der Waals surface area (Å²) >= 11 is 0. The lowest BCUT2D eigenvalue weighted by Crippen LogP contribution is -2.05. The van der Waals surface area contributed by atoms with E-state index in [4.69, 9.17) is 4.42 Å². The third-order valence-corrected chi connectivity index (χ3v) is 10.3. The SMILES string of the molecule is N#Cc1cc(-c2c(-n3c4ccccc4c4ccccc43)cc(C#N)c(C#N)c2C#N)ccc1-n1c2ccccc2c2c3oc4ccccc4c3ccc21. The molecular weight excluding hydrogens is 653 g/mol. The van der Waals surface area contributed by atoms with Gasteiger partial charge < -0.3 is 13.6 Å². The van der Waals surface area contributed by atoms with Gasteiger partial charge in [0, 0.05) is 32.5 Å². The summed E-state index contributed by atoms with van der Waals surface area (Å²) in [5.41, 5.74) is 7.94. The van der Waals surface area contributed by atoms with Crippen molar-refractivity contribution >= 4 is 65.6 Å². The summed E-state index contributed by atoms with van der Waals surface area (Å²) in [5.74, 6) is 0. The maximum absolute atomic E-state index is 10.8. The summed E-state index contributed by atoms with van der Waals surface area (Å²) in [5, 5.41) is 48.0. The smallest absolute Gasteiger partial charge is 0.145 e. The van der Waals surface area contributed by atoms with Crippen molar-refractivity contribution in [2.24, 2.45) is 0 Å². The summed E-state index contributed by atoms with van der Waals surface area (Å²) in [6.07, 6.45) is 0. The van der Waals surface area contributed by atoms with Crippen molar-refractivity contribution < 1.29 is 4.42 Å². The van der Waals surface area contributed by atoms with Gasteiger partial charge in [0.05, 0.1) is 61.1 Å². The Morgan fingerprint density at radius 1 is 0.434 bits per heavy atom. The normalized spacial score (nSPS) is 11.3. The monoisotopic (exact) mass is 674 g/mol. The van der Waals surface area contributed by atoms with Crippen LogP contribution in [-0.4, -0.2) is 9.13 Å². The van der Waals surface area contributed by atoms with E-state index in [2.05, 4.69) is 53.1 Å². The average Bonchev–Trinajstić information content (AvgIpc) is 3.87. The molecular formula is C46H22N6O. The Morgan fingerprint density at radius 2 is 1.02 bits per heavy atom. The van der Waals surface area contributed by atoms with Crippen molar-refractivity contribution in [2.45, 2.75) is 0 Å². The number of hydrogen-bond acceptors (Lipinski definition) is 5. The van der Waals surface area contributed by atoms with Crippen molar-refractivity contribution in [3.05, 3.63) is 156 Å². The minimum absolute atomic E-state index is 0.00523. The maximum atomic E-state index is 10.8. The van der Waals surface area contributed by atoms with E-state index in [1.54, 1.807) is 12.1 Å². The fourth-order valence-electron chi connectivity index (χ4n) is 8.11. The zero-order valence-corrected chi connectivity index (χ0v) is 27.8. The van der Waals surface area contributed by atoms with Gasteiger partial charge >= 0.3 is 0 Å². The van der Waals surface area contributed by atoms with Crippen LogP contribution in [0.1, 0.15) is 22.3 Å². The first kappa shape index (κ1) is 29.8. The maximum Gasteiger partial charge on any atom is 0.145 e. The number of fused-ring (bicyclic) bond motifs is 10. The lowest BCUT2D eigenvalue weighted by Gasteiger charge is -2.18. The fraction of sp³-hybridized carbons (Fsp3) is 0. The second-order valence-electron chi connectivity index (χ2n) is 12.9. The Kier molecular flexibility index (Phi) is 6.30. The lowest BCUT2D eigenvalue weighted by molar-refractivity contribution is 0.673. The molecule has 0 saturated carbocycles. The van der Waals surface area contributed by atoms with E-state index in [1.165, 1.54) is 0 Å². The molecule has 53 heavy (non-hydrogen) atoms. The number of nitriles is 4. The van der Waals surface area contributed by atoms with Gasteiger partial charge in [0.1, 0.15) is 35.4 Å². The predicted molar refractivity (Wildman–Crippen MR) is 207 cm³/mol. The average molecular weight is 675 g/mol. The minimum atomic E-state index is -0.00523. The molecule has 242 valence electrons. The van der Waals surface area contributed by atoms with Gasteiger partial charge in [-0.3, -0.25) is 0 Å². The molecule has 0 N–H and O–H groups in total. The molecule has 7 nitrogen and oxygen atoms in total. The highest BCUT2D eigenvalue weighted by Crippen LogP contribution is 2.43. The lowest BCUT2D eigenvalue weighted by atomic mass is 9.90. The van der Waals surface area contributed by atoms with E-state index in [1.807, 2.05) is 102 Å². The van der Waals surface area contributed by atoms with Gasteiger partial charge in [-0.25, -0.2) is 0 Å². The van der Waals surface area contributed by atoms with Crippen molar-refractivity contribution in [2.75, 3.05) is 0 Å². The van der Waals surface area contributed by atoms with Crippen LogP contribution < -0.4 is 0 Å². The highest BCUT2D eigenvalue weighted by Gasteiger charge is 2.25. The van der Waals surface area contributed by atoms with Crippen molar-refractivity contribution in [1.29, 1.82) is 21.0 Å². The summed E-state index contributed by atoms with van der Waals surface area (Å²) in [4.78, 5) is 0. The van der Waals surface area contributed by atoms with Crippen LogP contribution in [-0.2, 0) is 0 Å². The standard InChI is InChI=1S/C46H22N6O/c47-23-28-22-42(52-38-13-5-1-9-30(38)31-10-2-6-14-39(31)52)44(36(26-50)35(28)25-49)27-17-19-37(29(21-27)24-48)51-40-15-7-3-12-34(40)45-41(51)20-18-33-32-11-4-8-16-43(32)53-46(33)45/h1-22H. The summed E-state index contributed by atoms with van der Waals surface area (Å²) in [6, 6.07) is 52.3. The Labute approximate surface area is 301 Å². The number of benzene rings is 7. The van der Waals surface area contributed by atoms with Crippen LogP contribution in [0.3, 0.4) is 0 Å². The first-order chi connectivity index (χ1) is 26.1. The number of nitrogens with zero attached hydrogens (tertiary/aromatic N) is 6. The molecule has 0 spiro atoms. The van der Waals surface area contributed by atoms with Crippen LogP contribution in [0.15, 0.2) is 138 Å². The van der Waals surface area contributed by atoms with Gasteiger partial charge in [0.2, 0.25) is 0 Å². The number of hydrogen-bond donors (Lipinski definition) is 0. The molecule has 0 aliphatic carbocycles. The van der Waals surface area contributed by atoms with Crippen LogP contribution in [0.2, 0.25) is 0 Å². The van der Waals surface area contributed by atoms with Gasteiger partial charge in [-0.2, -0.15) is 21.0 Å². The van der Waals surface area contributed by atoms with Gasteiger partial charge in [-0.1, -0.05) is 78.9 Å². The third-order valence-electron chi connectivity index (χ3n) is 10.3. The number of rotatable bonds is 3. The zero-order chi connectivity index (χ0) is 35.8. The van der Waals surface area contributed by atoms with E-state index in [0.717, 1.165) is 65.6 Å². The molecule has 10 rings (SSSR count). The summed E-state index contributed by atoms with van der Waals surface area (Å²) in [7, 11) is 0. The predicted octanol–water partition coefficient (Wildman–Crippen LogP) is 10.9. The first-order valence-corrected chi connectivity index (χ1v) is 16.9. The quantitative estimate of drug-likeness (QED) is 0.185. The molecule has 0 aliphatic heterocycles. The van der Waals surface area contributed by atoms with Gasteiger partial charge in [-0.05, 0) is 60.2 Å². The zero-order valence-electron chi connectivity index (χ0n) is 27.8. The summed E-state index contributed by atoms with van der Waals surface area (Å²) < 4.78 is 10.6. The molecule has 0 atom stereocenters. The molecule has 0 saturated heterocycles. The van der Waals surface area contributed by atoms with Gasteiger partial charge in [0.15, 0.2) is 0 Å². The molecule has 7 aromatic carbocycles. The second-order valence-corrected chi connectivity index (χ2v) is 12.9. The molecule has 0 unspecified atom stereocenters. The highest BCUT2D eigenvalue weighted by molar-refractivity contribution is 6.24. The molecule has 10 aromatic rings. The molecule has 0 aliphatic rings. The first-order valence-electron chi connectivity index (χ1n) is 16.9. The Hall–Kier alpha value is -8.10. The molecule has 3 aromatic heterocycles. The van der Waals surface area contributed by atoms with E-state index in [9.17, 15) is 21.0 Å². The van der Waals surface area contributed by atoms with E-state index in [0.29, 0.717) is 28.1 Å². The van der Waals surface area contributed by atoms with Crippen LogP contribution in [0.5, 0.6) is 0 Å². The number of aromatic nitrogens is 2. The Bertz CT molecular complexity index is 3350. The van der Waals surface area contributed by atoms with Crippen molar-refractivity contribution in [1.82, 2.24) is 9.13 Å². The van der Waals surface area contributed by atoms with Crippen LogP contribution >= 0.6 is 0 Å². The topological polar surface area (TPSA) is 118 Å². The van der Waals surface area contributed by atoms with Crippen molar-refractivity contribution in [3.63, 3.8) is 0 Å². The Balaban J connectivity index is 1.28.